The number of carbonyl (C=O) groups excluding carboxylic acids is 2. The lowest BCUT2D eigenvalue weighted by Gasteiger charge is -2.23. The number of aliphatic carboxylic acids is 1. The van der Waals surface area contributed by atoms with E-state index in [1.807, 2.05) is 24.3 Å². The molecule has 2 aromatic carbocycles. The van der Waals surface area contributed by atoms with Crippen molar-refractivity contribution in [2.75, 3.05) is 26.2 Å². The van der Waals surface area contributed by atoms with Crippen molar-refractivity contribution in [2.24, 2.45) is 11.3 Å². The van der Waals surface area contributed by atoms with Crippen LogP contribution >= 0.6 is 0 Å². The topological polar surface area (TPSA) is 105 Å². The number of ether oxygens (including phenoxy) is 2. The number of carboxylic acid groups (broad SMARTS) is 1. The van der Waals surface area contributed by atoms with E-state index in [2.05, 4.69) is 29.6 Å². The number of nitrogens with one attached hydrogen (secondary N) is 1. The lowest BCUT2D eigenvalue weighted by Crippen LogP contribution is -2.41. The highest BCUT2D eigenvalue weighted by atomic mass is 16.5. The lowest BCUT2D eigenvalue weighted by molar-refractivity contribution is -0.146. The second-order valence-corrected chi connectivity index (χ2v) is 10.1. The third-order valence-corrected chi connectivity index (χ3v) is 8.08. The summed E-state index contributed by atoms with van der Waals surface area (Å²) in [6, 6.07) is 16.4. The average molecular weight is 477 g/mol. The monoisotopic (exact) mass is 476 g/mol. The van der Waals surface area contributed by atoms with Gasteiger partial charge in [0.15, 0.2) is 0 Å². The van der Waals surface area contributed by atoms with Crippen molar-refractivity contribution in [3.05, 3.63) is 59.7 Å². The molecule has 2 aliphatic heterocycles. The van der Waals surface area contributed by atoms with Gasteiger partial charge in [-0.05, 0) is 47.4 Å². The first-order valence-corrected chi connectivity index (χ1v) is 12.2. The van der Waals surface area contributed by atoms with Gasteiger partial charge in [-0.3, -0.25) is 9.59 Å². The van der Waals surface area contributed by atoms with Crippen molar-refractivity contribution in [3.8, 4) is 11.1 Å². The summed E-state index contributed by atoms with van der Waals surface area (Å²) in [5.74, 6) is -0.883. The van der Waals surface area contributed by atoms with E-state index in [1.54, 1.807) is 4.90 Å². The molecular formula is C27H28N2O6. The van der Waals surface area contributed by atoms with E-state index in [0.717, 1.165) is 11.1 Å². The number of carboxylic acids is 1. The van der Waals surface area contributed by atoms with Crippen molar-refractivity contribution in [1.82, 2.24) is 10.2 Å². The fourth-order valence-electron chi connectivity index (χ4n) is 6.07. The molecule has 0 bridgehead atoms. The van der Waals surface area contributed by atoms with Crippen LogP contribution in [0.15, 0.2) is 48.5 Å². The Hall–Kier alpha value is -3.39. The van der Waals surface area contributed by atoms with Crippen LogP contribution in [0.2, 0.25) is 0 Å². The first-order valence-electron chi connectivity index (χ1n) is 12.2. The zero-order chi connectivity index (χ0) is 24.2. The highest BCUT2D eigenvalue weighted by Crippen LogP contribution is 2.58. The summed E-state index contributed by atoms with van der Waals surface area (Å²) in [5.41, 5.74) is 3.94. The van der Waals surface area contributed by atoms with Crippen molar-refractivity contribution in [3.63, 3.8) is 0 Å². The minimum absolute atomic E-state index is 0.00125. The van der Waals surface area contributed by atoms with Gasteiger partial charge >= 0.3 is 12.1 Å². The van der Waals surface area contributed by atoms with Crippen molar-refractivity contribution < 1.29 is 29.0 Å². The minimum Gasteiger partial charge on any atom is -0.481 e. The molecule has 3 fully saturated rings. The minimum atomic E-state index is -0.810. The predicted molar refractivity (Wildman–Crippen MR) is 126 cm³/mol. The van der Waals surface area contributed by atoms with Crippen LogP contribution in [0, 0.1) is 11.3 Å². The molecule has 4 atom stereocenters. The van der Waals surface area contributed by atoms with E-state index in [1.165, 1.54) is 11.1 Å². The molecule has 2 aliphatic carbocycles. The molecule has 1 saturated carbocycles. The van der Waals surface area contributed by atoms with Gasteiger partial charge in [0.1, 0.15) is 12.7 Å². The summed E-state index contributed by atoms with van der Waals surface area (Å²) < 4.78 is 11.5. The smallest absolute Gasteiger partial charge is 0.407 e. The fraction of sp³-hybridized carbons (Fsp3) is 0.444. The number of piperidine rings is 1. The van der Waals surface area contributed by atoms with Crippen LogP contribution in [0.25, 0.3) is 11.1 Å². The highest BCUT2D eigenvalue weighted by Gasteiger charge is 2.66. The van der Waals surface area contributed by atoms with E-state index in [4.69, 9.17) is 9.47 Å². The van der Waals surface area contributed by atoms with E-state index >= 15 is 0 Å². The van der Waals surface area contributed by atoms with Gasteiger partial charge in [-0.1, -0.05) is 48.5 Å². The van der Waals surface area contributed by atoms with E-state index in [-0.39, 0.29) is 43.5 Å². The molecular weight excluding hydrogens is 448 g/mol. The standard InChI is InChI=1S/C27H28N2O6/c30-24(29-13-16-11-27(16,15-29)25(31)32)23-10-9-17(35-23)12-28-26(33)34-14-22-20-7-3-1-5-18(20)19-6-2-4-8-21(19)22/h1-8,16-17,22-23H,9-15H2,(H,28,33)(H,31,32). The van der Waals surface area contributed by atoms with Gasteiger partial charge in [0.2, 0.25) is 0 Å². The van der Waals surface area contributed by atoms with E-state index in [9.17, 15) is 19.5 Å². The van der Waals surface area contributed by atoms with Crippen LogP contribution in [0.1, 0.15) is 36.3 Å². The van der Waals surface area contributed by atoms with Crippen molar-refractivity contribution in [2.45, 2.75) is 37.4 Å². The largest absolute Gasteiger partial charge is 0.481 e. The molecule has 2 heterocycles. The van der Waals surface area contributed by atoms with Gasteiger partial charge in [0.05, 0.1) is 11.5 Å². The van der Waals surface area contributed by atoms with Crippen molar-refractivity contribution >= 4 is 18.0 Å². The summed E-state index contributed by atoms with van der Waals surface area (Å²) in [7, 11) is 0. The summed E-state index contributed by atoms with van der Waals surface area (Å²) in [6.07, 6.45) is 0.527. The van der Waals surface area contributed by atoms with Crippen LogP contribution in [0.4, 0.5) is 4.79 Å². The second-order valence-electron chi connectivity index (χ2n) is 10.1. The molecule has 8 heteroatoms. The molecule has 6 rings (SSSR count). The summed E-state index contributed by atoms with van der Waals surface area (Å²) in [6.45, 7) is 1.28. The molecule has 0 aromatic heterocycles. The molecule has 182 valence electrons. The Kier molecular flexibility index (Phi) is 5.29. The van der Waals surface area contributed by atoms with Gasteiger partial charge in [-0.2, -0.15) is 0 Å². The predicted octanol–water partition coefficient (Wildman–Crippen LogP) is 3.01. The van der Waals surface area contributed by atoms with Crippen LogP contribution in [0.5, 0.6) is 0 Å². The SMILES string of the molecule is O=C(NCC1CCC(C(=O)N2CC3CC3(C(=O)O)C2)O1)OCC1c2ccccc2-c2ccccc21. The molecule has 4 unspecified atom stereocenters. The summed E-state index contributed by atoms with van der Waals surface area (Å²) in [4.78, 5) is 38.4. The van der Waals surface area contributed by atoms with Crippen LogP contribution in [-0.2, 0) is 19.1 Å². The number of benzene rings is 2. The lowest BCUT2D eigenvalue weighted by atomic mass is 9.98. The normalized spacial score (nSPS) is 28.2. The Morgan fingerprint density at radius 1 is 1.06 bits per heavy atom. The average Bonchev–Trinajstić information content (AvgIpc) is 3.21. The number of hydrogen-bond donors (Lipinski definition) is 2. The van der Waals surface area contributed by atoms with Gasteiger partial charge in [0.25, 0.3) is 5.91 Å². The van der Waals surface area contributed by atoms with Gasteiger partial charge in [-0.25, -0.2) is 4.79 Å². The van der Waals surface area contributed by atoms with Crippen LogP contribution in [0.3, 0.4) is 0 Å². The van der Waals surface area contributed by atoms with Crippen LogP contribution in [-0.4, -0.2) is 66.4 Å². The Balaban J connectivity index is 0.983. The van der Waals surface area contributed by atoms with Gasteiger partial charge in [-0.15, -0.1) is 0 Å². The Morgan fingerprint density at radius 2 is 1.74 bits per heavy atom. The molecule has 2 N–H and O–H groups in total. The number of likely N-dealkylation sites (tertiary alicyclic amines) is 1. The summed E-state index contributed by atoms with van der Waals surface area (Å²) >= 11 is 0. The number of alkyl carbamates (subject to hydrolysis) is 1. The van der Waals surface area contributed by atoms with Crippen molar-refractivity contribution in [1.29, 1.82) is 0 Å². The Morgan fingerprint density at radius 3 is 2.40 bits per heavy atom. The maximum absolute atomic E-state index is 12.8. The molecule has 8 nitrogen and oxygen atoms in total. The number of carbonyl (C=O) groups is 3. The Bertz CT molecular complexity index is 1150. The molecule has 0 radical (unpaired) electrons. The molecule has 0 spiro atoms. The number of amides is 2. The second kappa shape index (κ2) is 8.37. The quantitative estimate of drug-likeness (QED) is 0.664. The molecule has 35 heavy (non-hydrogen) atoms. The fourth-order valence-corrected chi connectivity index (χ4v) is 6.07. The van der Waals surface area contributed by atoms with Crippen LogP contribution < -0.4 is 5.32 Å². The zero-order valence-electron chi connectivity index (χ0n) is 19.3. The van der Waals surface area contributed by atoms with Gasteiger partial charge < -0.3 is 24.8 Å². The first kappa shape index (κ1) is 22.1. The molecule has 2 saturated heterocycles. The van der Waals surface area contributed by atoms with E-state index < -0.39 is 23.6 Å². The Labute approximate surface area is 203 Å². The number of hydrogen-bond acceptors (Lipinski definition) is 5. The maximum atomic E-state index is 12.8. The van der Waals surface area contributed by atoms with E-state index in [0.29, 0.717) is 25.8 Å². The highest BCUT2D eigenvalue weighted by molar-refractivity contribution is 5.86. The number of rotatable bonds is 6. The number of nitrogens with zero attached hydrogens (tertiary/aromatic N) is 1. The molecule has 2 amide bonds. The molecule has 2 aromatic rings. The summed E-state index contributed by atoms with van der Waals surface area (Å²) in [5, 5.41) is 12.2. The first-order chi connectivity index (χ1) is 17.0. The molecule has 4 aliphatic rings. The zero-order valence-corrected chi connectivity index (χ0v) is 19.3. The van der Waals surface area contributed by atoms with Gasteiger partial charge in [0, 0.05) is 25.6 Å². The third-order valence-electron chi connectivity index (χ3n) is 8.08. The maximum Gasteiger partial charge on any atom is 0.407 e. The third kappa shape index (κ3) is 3.76. The number of fused-ring (bicyclic) bond motifs is 4.